The maximum absolute atomic E-state index is 12.2. The van der Waals surface area contributed by atoms with E-state index in [1.165, 1.54) is 24.6 Å². The zero-order valence-electron chi connectivity index (χ0n) is 14.3. The number of halogens is 1. The highest BCUT2D eigenvalue weighted by Crippen LogP contribution is 2.31. The Morgan fingerprint density at radius 2 is 2.08 bits per heavy atom. The van der Waals surface area contributed by atoms with Crippen LogP contribution in [0.1, 0.15) is 24.2 Å². The Balaban J connectivity index is 1.52. The largest absolute Gasteiger partial charge is 0.441 e. The SMILES string of the molecule is Cc1cc(Br)ccc1N=C1NC(=O)/C(=C/c2ccc(N3CCCC3)o2)S1. The van der Waals surface area contributed by atoms with Gasteiger partial charge in [0.05, 0.1) is 10.6 Å². The minimum Gasteiger partial charge on any atom is -0.441 e. The van der Waals surface area contributed by atoms with Crippen LogP contribution < -0.4 is 10.2 Å². The first kappa shape index (κ1) is 17.4. The zero-order valence-corrected chi connectivity index (χ0v) is 16.7. The molecule has 2 aliphatic rings. The number of aliphatic imine (C=N–C) groups is 1. The van der Waals surface area contributed by atoms with Gasteiger partial charge in [0.2, 0.25) is 0 Å². The maximum Gasteiger partial charge on any atom is 0.264 e. The van der Waals surface area contributed by atoms with E-state index in [1.807, 2.05) is 37.3 Å². The van der Waals surface area contributed by atoms with Crippen molar-refractivity contribution in [2.24, 2.45) is 4.99 Å². The molecule has 5 nitrogen and oxygen atoms in total. The first-order chi connectivity index (χ1) is 12.6. The summed E-state index contributed by atoms with van der Waals surface area (Å²) in [4.78, 5) is 19.6. The fourth-order valence-electron chi connectivity index (χ4n) is 2.99. The van der Waals surface area contributed by atoms with Gasteiger partial charge in [0.15, 0.2) is 11.1 Å². The summed E-state index contributed by atoms with van der Waals surface area (Å²) in [6, 6.07) is 9.74. The van der Waals surface area contributed by atoms with Crippen molar-refractivity contribution in [3.63, 3.8) is 0 Å². The van der Waals surface area contributed by atoms with Gasteiger partial charge in [-0.15, -0.1) is 0 Å². The quantitative estimate of drug-likeness (QED) is 0.706. The fourth-order valence-corrected chi connectivity index (χ4v) is 4.28. The number of thioether (sulfide) groups is 1. The highest BCUT2D eigenvalue weighted by atomic mass is 79.9. The molecule has 3 heterocycles. The van der Waals surface area contributed by atoms with E-state index in [4.69, 9.17) is 4.42 Å². The molecule has 0 bridgehead atoms. The molecule has 1 amide bonds. The third kappa shape index (κ3) is 3.73. The van der Waals surface area contributed by atoms with Crippen molar-refractivity contribution < 1.29 is 9.21 Å². The van der Waals surface area contributed by atoms with E-state index in [0.717, 1.165) is 34.7 Å². The number of anilines is 1. The molecule has 2 aromatic rings. The van der Waals surface area contributed by atoms with Crippen LogP contribution in [0.2, 0.25) is 0 Å². The second-order valence-corrected chi connectivity index (χ2v) is 8.23. The summed E-state index contributed by atoms with van der Waals surface area (Å²) >= 11 is 4.77. The molecular formula is C19H18BrN3O2S. The third-order valence-corrected chi connectivity index (χ3v) is 5.74. The molecule has 0 aliphatic carbocycles. The molecule has 0 saturated carbocycles. The monoisotopic (exact) mass is 431 g/mol. The molecule has 7 heteroatoms. The van der Waals surface area contributed by atoms with Gasteiger partial charge in [0.1, 0.15) is 5.76 Å². The number of aryl methyl sites for hydroxylation is 1. The number of hydrogen-bond donors (Lipinski definition) is 1. The number of hydrogen-bond acceptors (Lipinski definition) is 5. The van der Waals surface area contributed by atoms with Crippen molar-refractivity contribution in [1.29, 1.82) is 0 Å². The fraction of sp³-hybridized carbons (Fsp3) is 0.263. The van der Waals surface area contributed by atoms with Crippen molar-refractivity contribution in [3.05, 3.63) is 51.0 Å². The van der Waals surface area contributed by atoms with Crippen LogP contribution >= 0.6 is 27.7 Å². The number of carbonyl (C=O) groups excluding carboxylic acids is 1. The van der Waals surface area contributed by atoms with Gasteiger partial charge in [0.25, 0.3) is 5.91 Å². The second kappa shape index (κ2) is 7.32. The summed E-state index contributed by atoms with van der Waals surface area (Å²) in [5.74, 6) is 1.41. The van der Waals surface area contributed by atoms with Crippen molar-refractivity contribution in [2.75, 3.05) is 18.0 Å². The molecule has 2 saturated heterocycles. The van der Waals surface area contributed by atoms with Gasteiger partial charge in [-0.25, -0.2) is 4.99 Å². The van der Waals surface area contributed by atoms with Crippen LogP contribution in [0, 0.1) is 6.92 Å². The molecule has 4 rings (SSSR count). The molecule has 0 unspecified atom stereocenters. The number of furan rings is 1. The molecule has 1 aromatic heterocycles. The van der Waals surface area contributed by atoms with E-state index >= 15 is 0 Å². The maximum atomic E-state index is 12.2. The van der Waals surface area contributed by atoms with E-state index in [2.05, 4.69) is 31.1 Å². The van der Waals surface area contributed by atoms with Crippen LogP contribution in [-0.4, -0.2) is 24.2 Å². The summed E-state index contributed by atoms with van der Waals surface area (Å²) in [5, 5.41) is 3.40. The van der Waals surface area contributed by atoms with Crippen molar-refractivity contribution in [2.45, 2.75) is 19.8 Å². The zero-order chi connectivity index (χ0) is 18.1. The second-order valence-electron chi connectivity index (χ2n) is 6.28. The van der Waals surface area contributed by atoms with E-state index in [-0.39, 0.29) is 5.91 Å². The molecule has 0 atom stereocenters. The number of amides is 1. The predicted octanol–water partition coefficient (Wildman–Crippen LogP) is 4.84. The van der Waals surface area contributed by atoms with Crippen LogP contribution in [-0.2, 0) is 4.79 Å². The Morgan fingerprint density at radius 1 is 1.27 bits per heavy atom. The predicted molar refractivity (Wildman–Crippen MR) is 110 cm³/mol. The molecule has 2 aliphatic heterocycles. The highest BCUT2D eigenvalue weighted by molar-refractivity contribution is 9.10. The Kier molecular flexibility index (Phi) is 4.91. The molecule has 26 heavy (non-hydrogen) atoms. The smallest absolute Gasteiger partial charge is 0.264 e. The lowest BCUT2D eigenvalue weighted by molar-refractivity contribution is -0.115. The summed E-state index contributed by atoms with van der Waals surface area (Å²) in [5.41, 5.74) is 1.88. The molecule has 134 valence electrons. The first-order valence-electron chi connectivity index (χ1n) is 8.49. The lowest BCUT2D eigenvalue weighted by atomic mass is 10.2. The van der Waals surface area contributed by atoms with Gasteiger partial charge in [-0.1, -0.05) is 15.9 Å². The summed E-state index contributed by atoms with van der Waals surface area (Å²) in [6.07, 6.45) is 4.17. The molecule has 1 N–H and O–H groups in total. The number of carbonyl (C=O) groups is 1. The van der Waals surface area contributed by atoms with Gasteiger partial charge in [-0.2, -0.15) is 0 Å². The van der Waals surface area contributed by atoms with Gasteiger partial charge in [0, 0.05) is 29.7 Å². The lowest BCUT2D eigenvalue weighted by Gasteiger charge is -2.12. The highest BCUT2D eigenvalue weighted by Gasteiger charge is 2.25. The normalized spacial score (nSPS) is 20.4. The Labute approximate surface area is 164 Å². The van der Waals surface area contributed by atoms with Crippen LogP contribution in [0.3, 0.4) is 0 Å². The van der Waals surface area contributed by atoms with Gasteiger partial charge in [-0.05, 0) is 61.4 Å². The summed E-state index contributed by atoms with van der Waals surface area (Å²) in [7, 11) is 0. The number of nitrogens with one attached hydrogen (secondary N) is 1. The van der Waals surface area contributed by atoms with Crippen LogP contribution in [0.15, 0.2) is 49.1 Å². The lowest BCUT2D eigenvalue weighted by Crippen LogP contribution is -2.19. The minimum atomic E-state index is -0.150. The topological polar surface area (TPSA) is 57.8 Å². The standard InChI is InChI=1S/C19H18BrN3O2S/c1-12-10-13(20)4-6-15(12)21-19-22-18(24)16(26-19)11-14-5-7-17(25-14)23-8-2-3-9-23/h4-7,10-11H,2-3,8-9H2,1H3,(H,21,22,24)/b16-11-. The summed E-state index contributed by atoms with van der Waals surface area (Å²) in [6.45, 7) is 4.05. The number of amidine groups is 1. The Bertz CT molecular complexity index is 913. The van der Waals surface area contributed by atoms with E-state index in [9.17, 15) is 4.79 Å². The number of rotatable bonds is 3. The van der Waals surface area contributed by atoms with Crippen LogP contribution in [0.4, 0.5) is 11.6 Å². The molecule has 1 aromatic carbocycles. The average Bonchev–Trinajstić information content (AvgIpc) is 3.32. The van der Waals surface area contributed by atoms with Gasteiger partial charge in [-0.3, -0.25) is 4.79 Å². The molecule has 2 fully saturated rings. The van der Waals surface area contributed by atoms with Crippen molar-refractivity contribution in [1.82, 2.24) is 5.32 Å². The Hall–Kier alpha value is -1.99. The Morgan fingerprint density at radius 3 is 2.85 bits per heavy atom. The van der Waals surface area contributed by atoms with Crippen LogP contribution in [0.5, 0.6) is 0 Å². The van der Waals surface area contributed by atoms with E-state index < -0.39 is 0 Å². The molecule has 0 radical (unpaired) electrons. The summed E-state index contributed by atoms with van der Waals surface area (Å²) < 4.78 is 6.88. The van der Waals surface area contributed by atoms with Crippen molar-refractivity contribution in [3.8, 4) is 0 Å². The van der Waals surface area contributed by atoms with Crippen LogP contribution in [0.25, 0.3) is 6.08 Å². The number of nitrogens with zero attached hydrogens (tertiary/aromatic N) is 2. The molecular weight excluding hydrogens is 414 g/mol. The third-order valence-electron chi connectivity index (χ3n) is 4.34. The van der Waals surface area contributed by atoms with Crippen molar-refractivity contribution >= 4 is 56.4 Å². The van der Waals surface area contributed by atoms with E-state index in [1.54, 1.807) is 6.08 Å². The molecule has 0 spiro atoms. The van der Waals surface area contributed by atoms with Gasteiger partial charge < -0.3 is 14.6 Å². The minimum absolute atomic E-state index is 0.150. The van der Waals surface area contributed by atoms with E-state index in [0.29, 0.717) is 15.8 Å². The van der Waals surface area contributed by atoms with Gasteiger partial charge >= 0.3 is 0 Å². The average molecular weight is 432 g/mol. The number of benzene rings is 1. The first-order valence-corrected chi connectivity index (χ1v) is 10.1.